The van der Waals surface area contributed by atoms with Crippen LogP contribution in [0.2, 0.25) is 0 Å². The van der Waals surface area contributed by atoms with Gasteiger partial charge in [0.2, 0.25) is 0 Å². The van der Waals surface area contributed by atoms with Crippen LogP contribution in [0.5, 0.6) is 0 Å². The van der Waals surface area contributed by atoms with E-state index in [1.165, 1.54) is 116 Å². The molecule has 0 heterocycles. The van der Waals surface area contributed by atoms with Gasteiger partial charge in [0.05, 0.1) is 0 Å². The molecule has 4 nitrogen and oxygen atoms in total. The maximum atomic E-state index is 13.1. The van der Waals surface area contributed by atoms with Crippen LogP contribution in [0.15, 0.2) is 24.3 Å². The Balaban J connectivity index is 1.54. The van der Waals surface area contributed by atoms with Crippen molar-refractivity contribution < 1.29 is 9.59 Å². The van der Waals surface area contributed by atoms with Crippen LogP contribution in [-0.2, 0) is 0 Å². The van der Waals surface area contributed by atoms with Gasteiger partial charge in [0, 0.05) is 23.2 Å². The molecule has 2 amide bonds. The van der Waals surface area contributed by atoms with Gasteiger partial charge in [0.25, 0.3) is 11.8 Å². The molecule has 36 heavy (non-hydrogen) atoms. The van der Waals surface area contributed by atoms with Gasteiger partial charge in [0.15, 0.2) is 0 Å². The molecule has 0 radical (unpaired) electrons. The van der Waals surface area contributed by atoms with Crippen LogP contribution in [-0.4, -0.2) is 23.9 Å². The lowest BCUT2D eigenvalue weighted by atomic mass is 9.97. The summed E-state index contributed by atoms with van der Waals surface area (Å²) >= 11 is 0. The number of hydrogen-bond acceptors (Lipinski definition) is 2. The summed E-state index contributed by atoms with van der Waals surface area (Å²) < 4.78 is 0. The fraction of sp³-hybridized carbons (Fsp3) is 0.750. The van der Waals surface area contributed by atoms with Crippen LogP contribution in [0, 0.1) is 0 Å². The van der Waals surface area contributed by atoms with Gasteiger partial charge in [-0.05, 0) is 43.9 Å². The third-order valence-electron chi connectivity index (χ3n) is 8.27. The molecule has 2 aliphatic carbocycles. The van der Waals surface area contributed by atoms with Crippen molar-refractivity contribution in [1.29, 1.82) is 0 Å². The van der Waals surface area contributed by atoms with E-state index < -0.39 is 0 Å². The summed E-state index contributed by atoms with van der Waals surface area (Å²) in [6.07, 6.45) is 27.5. The highest BCUT2D eigenvalue weighted by molar-refractivity contribution is 5.99. The van der Waals surface area contributed by atoms with E-state index in [1.54, 1.807) is 6.07 Å². The van der Waals surface area contributed by atoms with Crippen molar-refractivity contribution in [3.63, 3.8) is 0 Å². The van der Waals surface area contributed by atoms with E-state index in [1.807, 2.05) is 18.2 Å². The van der Waals surface area contributed by atoms with Crippen LogP contribution in [0.25, 0.3) is 0 Å². The minimum absolute atomic E-state index is 0.0345. The zero-order valence-electron chi connectivity index (χ0n) is 22.8. The molecule has 202 valence electrons. The summed E-state index contributed by atoms with van der Waals surface area (Å²) in [6, 6.07) is 7.81. The lowest BCUT2D eigenvalue weighted by Gasteiger charge is -2.21. The number of benzene rings is 1. The molecule has 0 atom stereocenters. The van der Waals surface area contributed by atoms with Gasteiger partial charge >= 0.3 is 0 Å². The van der Waals surface area contributed by atoms with Crippen LogP contribution in [0.3, 0.4) is 0 Å². The van der Waals surface area contributed by atoms with Crippen LogP contribution < -0.4 is 10.6 Å². The molecule has 1 aromatic carbocycles. The molecule has 0 bridgehead atoms. The van der Waals surface area contributed by atoms with Crippen LogP contribution in [0.4, 0.5) is 0 Å². The average molecular weight is 497 g/mol. The summed E-state index contributed by atoms with van der Waals surface area (Å²) in [6.45, 7) is 0. The standard InChI is InChI=1S/C32H52N2O2/c35-31(33-29-22-15-11-7-3-1-4-8-12-16-23-29)27-20-19-21-28(26-27)32(36)34-30-24-17-13-9-5-2-6-10-14-18-25-30/h19-21,26,29-30H,1-18,22-25H2,(H,33,35)(H,34,36). The topological polar surface area (TPSA) is 58.2 Å². The summed E-state index contributed by atoms with van der Waals surface area (Å²) in [5, 5.41) is 6.61. The third-order valence-corrected chi connectivity index (χ3v) is 8.27. The Hall–Kier alpha value is -1.84. The van der Waals surface area contributed by atoms with E-state index in [9.17, 15) is 9.59 Å². The zero-order chi connectivity index (χ0) is 25.3. The molecule has 0 aromatic heterocycles. The van der Waals surface area contributed by atoms with Crippen LogP contribution in [0.1, 0.15) is 162 Å². The minimum Gasteiger partial charge on any atom is -0.349 e. The number of amides is 2. The molecule has 0 unspecified atom stereocenters. The molecule has 4 heteroatoms. The quantitative estimate of drug-likeness (QED) is 0.439. The highest BCUT2D eigenvalue weighted by Crippen LogP contribution is 2.19. The molecule has 1 aromatic rings. The molecule has 2 saturated carbocycles. The Morgan fingerprint density at radius 1 is 0.472 bits per heavy atom. The van der Waals surface area contributed by atoms with Crippen molar-refractivity contribution in [2.75, 3.05) is 0 Å². The first kappa shape index (κ1) is 28.7. The SMILES string of the molecule is O=C(NC1CCCCCCCCCCC1)c1cccc(C(=O)NC2CCCCCCCCCCC2)c1. The Kier molecular flexibility index (Phi) is 14.0. The fourth-order valence-electron chi connectivity index (χ4n) is 5.95. The number of carbonyl (C=O) groups is 2. The Morgan fingerprint density at radius 2 is 0.750 bits per heavy atom. The first-order valence-corrected chi connectivity index (χ1v) is 15.4. The number of nitrogens with one attached hydrogen (secondary N) is 2. The van der Waals surface area contributed by atoms with Gasteiger partial charge in [-0.15, -0.1) is 0 Å². The largest absolute Gasteiger partial charge is 0.349 e. The number of carbonyl (C=O) groups excluding carboxylic acids is 2. The van der Waals surface area contributed by atoms with Gasteiger partial charge in [-0.25, -0.2) is 0 Å². The van der Waals surface area contributed by atoms with E-state index >= 15 is 0 Å². The van der Waals surface area contributed by atoms with Gasteiger partial charge < -0.3 is 10.6 Å². The van der Waals surface area contributed by atoms with Crippen LogP contribution >= 0.6 is 0 Å². The number of hydrogen-bond donors (Lipinski definition) is 2. The maximum absolute atomic E-state index is 13.1. The minimum atomic E-state index is -0.0345. The summed E-state index contributed by atoms with van der Waals surface area (Å²) in [4.78, 5) is 26.2. The molecule has 0 saturated heterocycles. The van der Waals surface area contributed by atoms with Crippen molar-refractivity contribution in [1.82, 2.24) is 10.6 Å². The average Bonchev–Trinajstić information content (AvgIpc) is 2.87. The van der Waals surface area contributed by atoms with Gasteiger partial charge in [-0.2, -0.15) is 0 Å². The Morgan fingerprint density at radius 3 is 1.06 bits per heavy atom. The Bertz CT molecular complexity index is 679. The first-order chi connectivity index (χ1) is 17.7. The zero-order valence-corrected chi connectivity index (χ0v) is 22.8. The van der Waals surface area contributed by atoms with E-state index in [-0.39, 0.29) is 23.9 Å². The van der Waals surface area contributed by atoms with Crippen molar-refractivity contribution in [3.8, 4) is 0 Å². The van der Waals surface area contributed by atoms with E-state index in [4.69, 9.17) is 0 Å². The highest BCUT2D eigenvalue weighted by Gasteiger charge is 2.18. The first-order valence-electron chi connectivity index (χ1n) is 15.4. The molecule has 3 rings (SSSR count). The molecule has 2 fully saturated rings. The summed E-state index contributed by atoms with van der Waals surface area (Å²) in [7, 11) is 0. The molecule has 2 N–H and O–H groups in total. The second kappa shape index (κ2) is 17.6. The predicted molar refractivity (Wildman–Crippen MR) is 151 cm³/mol. The second-order valence-electron chi connectivity index (χ2n) is 11.4. The fourth-order valence-corrected chi connectivity index (χ4v) is 5.95. The van der Waals surface area contributed by atoms with E-state index in [2.05, 4.69) is 10.6 Å². The van der Waals surface area contributed by atoms with Gasteiger partial charge in [-0.3, -0.25) is 9.59 Å². The van der Waals surface area contributed by atoms with E-state index in [0.29, 0.717) is 11.1 Å². The van der Waals surface area contributed by atoms with Crippen molar-refractivity contribution in [2.45, 2.75) is 153 Å². The molecule has 2 aliphatic rings. The van der Waals surface area contributed by atoms with Crippen molar-refractivity contribution >= 4 is 11.8 Å². The normalized spacial score (nSPS) is 21.1. The Labute approximate surface area is 220 Å². The second-order valence-corrected chi connectivity index (χ2v) is 11.4. The third kappa shape index (κ3) is 11.5. The molecular weight excluding hydrogens is 444 g/mol. The van der Waals surface area contributed by atoms with Gasteiger partial charge in [-0.1, -0.05) is 122 Å². The monoisotopic (exact) mass is 496 g/mol. The maximum Gasteiger partial charge on any atom is 0.251 e. The van der Waals surface area contributed by atoms with Crippen molar-refractivity contribution in [3.05, 3.63) is 35.4 Å². The predicted octanol–water partition coefficient (Wildman–Crippen LogP) is 8.49. The molecular formula is C32H52N2O2. The molecule has 0 aliphatic heterocycles. The van der Waals surface area contributed by atoms with Gasteiger partial charge in [0.1, 0.15) is 0 Å². The smallest absolute Gasteiger partial charge is 0.251 e. The van der Waals surface area contributed by atoms with Crippen molar-refractivity contribution in [2.24, 2.45) is 0 Å². The lowest BCUT2D eigenvalue weighted by Crippen LogP contribution is -2.36. The summed E-state index contributed by atoms with van der Waals surface area (Å²) in [5.41, 5.74) is 1.21. The summed E-state index contributed by atoms with van der Waals surface area (Å²) in [5.74, 6) is -0.0690. The number of rotatable bonds is 4. The van der Waals surface area contributed by atoms with E-state index in [0.717, 1.165) is 25.7 Å². The highest BCUT2D eigenvalue weighted by atomic mass is 16.2. The lowest BCUT2D eigenvalue weighted by molar-refractivity contribution is 0.0930. The molecule has 0 spiro atoms.